The Morgan fingerprint density at radius 1 is 1.10 bits per heavy atom. The lowest BCUT2D eigenvalue weighted by atomic mass is 9.89. The number of phenolic OH excluding ortho intramolecular Hbond substituents is 1. The second kappa shape index (κ2) is 7.79. The normalized spacial score (nSPS) is 16.6. The number of aromatic amines is 1. The number of carbonyl (C=O) groups is 2. The number of nitrogens with one attached hydrogen (secondary N) is 1. The SMILES string of the molecule is O=C(O)c1cccc(C2CCCN(C(=O)c3cc(-c4ccccc4O)n[nH]3)C2)c1. The molecule has 7 heteroatoms. The fourth-order valence-electron chi connectivity index (χ4n) is 3.79. The van der Waals surface area contributed by atoms with E-state index in [0.717, 1.165) is 18.4 Å². The van der Waals surface area contributed by atoms with Gasteiger partial charge in [-0.2, -0.15) is 5.10 Å². The summed E-state index contributed by atoms with van der Waals surface area (Å²) in [6.07, 6.45) is 1.74. The van der Waals surface area contributed by atoms with Gasteiger partial charge in [0.15, 0.2) is 0 Å². The van der Waals surface area contributed by atoms with Crippen LogP contribution < -0.4 is 0 Å². The van der Waals surface area contributed by atoms with Crippen LogP contribution in [0.2, 0.25) is 0 Å². The molecule has 1 unspecified atom stereocenters. The van der Waals surface area contributed by atoms with E-state index in [-0.39, 0.29) is 23.1 Å². The molecule has 29 heavy (non-hydrogen) atoms. The molecule has 0 spiro atoms. The minimum absolute atomic E-state index is 0.0903. The first kappa shape index (κ1) is 18.7. The van der Waals surface area contributed by atoms with Crippen LogP contribution in [-0.4, -0.2) is 50.3 Å². The smallest absolute Gasteiger partial charge is 0.335 e. The number of carboxylic acids is 1. The molecule has 3 aromatic rings. The molecule has 0 radical (unpaired) electrons. The summed E-state index contributed by atoms with van der Waals surface area (Å²) in [6, 6.07) is 15.4. The van der Waals surface area contributed by atoms with Crippen LogP contribution in [0.25, 0.3) is 11.3 Å². The first-order chi connectivity index (χ1) is 14.0. The predicted octanol–water partition coefficient (Wildman–Crippen LogP) is 3.50. The Kier molecular flexibility index (Phi) is 5.03. The van der Waals surface area contributed by atoms with E-state index in [1.807, 2.05) is 6.07 Å². The Morgan fingerprint density at radius 2 is 1.93 bits per heavy atom. The molecule has 1 aromatic heterocycles. The van der Waals surface area contributed by atoms with Crippen LogP contribution >= 0.6 is 0 Å². The van der Waals surface area contributed by atoms with Crippen molar-refractivity contribution in [1.82, 2.24) is 15.1 Å². The van der Waals surface area contributed by atoms with Crippen LogP contribution in [-0.2, 0) is 0 Å². The standard InChI is InChI=1S/C22H21N3O4/c26-20-9-2-1-8-17(20)18-12-19(24-23-18)21(27)25-10-4-7-16(13-25)14-5-3-6-15(11-14)22(28)29/h1-3,5-6,8-9,11-12,16,26H,4,7,10,13H2,(H,23,24)(H,28,29). The average molecular weight is 391 g/mol. The molecule has 1 amide bonds. The molecular formula is C22H21N3O4. The molecule has 1 aliphatic rings. The van der Waals surface area contributed by atoms with Crippen LogP contribution in [0.3, 0.4) is 0 Å². The van der Waals surface area contributed by atoms with Gasteiger partial charge in [0.05, 0.1) is 11.3 Å². The molecule has 1 fully saturated rings. The summed E-state index contributed by atoms with van der Waals surface area (Å²) < 4.78 is 0. The maximum atomic E-state index is 13.0. The van der Waals surface area contributed by atoms with E-state index >= 15 is 0 Å². The van der Waals surface area contributed by atoms with Gasteiger partial charge in [-0.15, -0.1) is 0 Å². The highest BCUT2D eigenvalue weighted by molar-refractivity contribution is 5.93. The van der Waals surface area contributed by atoms with Gasteiger partial charge in [-0.05, 0) is 48.7 Å². The van der Waals surface area contributed by atoms with Crippen molar-refractivity contribution >= 4 is 11.9 Å². The zero-order chi connectivity index (χ0) is 20.4. The lowest BCUT2D eigenvalue weighted by Crippen LogP contribution is -2.39. The van der Waals surface area contributed by atoms with Crippen LogP contribution in [0.5, 0.6) is 5.75 Å². The van der Waals surface area contributed by atoms with Crippen molar-refractivity contribution in [2.45, 2.75) is 18.8 Å². The van der Waals surface area contributed by atoms with Gasteiger partial charge in [-0.1, -0.05) is 24.3 Å². The molecule has 2 aromatic carbocycles. The van der Waals surface area contributed by atoms with Crippen LogP contribution in [0.1, 0.15) is 45.2 Å². The van der Waals surface area contributed by atoms with E-state index in [1.54, 1.807) is 53.4 Å². The molecule has 0 aliphatic carbocycles. The minimum Gasteiger partial charge on any atom is -0.507 e. The minimum atomic E-state index is -0.954. The highest BCUT2D eigenvalue weighted by atomic mass is 16.4. The first-order valence-corrected chi connectivity index (χ1v) is 9.49. The number of amides is 1. The predicted molar refractivity (Wildman–Crippen MR) is 107 cm³/mol. The summed E-state index contributed by atoms with van der Waals surface area (Å²) in [5.74, 6) is -0.912. The van der Waals surface area contributed by atoms with E-state index in [2.05, 4.69) is 10.2 Å². The maximum Gasteiger partial charge on any atom is 0.335 e. The number of piperidine rings is 1. The number of carboxylic acid groups (broad SMARTS) is 1. The number of aromatic carboxylic acids is 1. The number of nitrogens with zero attached hydrogens (tertiary/aromatic N) is 2. The Labute approximate surface area is 167 Å². The summed E-state index contributed by atoms with van der Waals surface area (Å²) in [7, 11) is 0. The molecule has 2 heterocycles. The molecule has 3 N–H and O–H groups in total. The largest absolute Gasteiger partial charge is 0.507 e. The van der Waals surface area contributed by atoms with Gasteiger partial charge >= 0.3 is 5.97 Å². The van der Waals surface area contributed by atoms with Crippen LogP contribution in [0.4, 0.5) is 0 Å². The summed E-state index contributed by atoms with van der Waals surface area (Å²) in [5, 5.41) is 26.2. The summed E-state index contributed by atoms with van der Waals surface area (Å²) in [5.41, 5.74) is 2.62. The number of likely N-dealkylation sites (tertiary alicyclic amines) is 1. The molecular weight excluding hydrogens is 370 g/mol. The lowest BCUT2D eigenvalue weighted by molar-refractivity contribution is 0.0685. The number of carbonyl (C=O) groups excluding carboxylic acids is 1. The Balaban J connectivity index is 1.52. The third-order valence-corrected chi connectivity index (χ3v) is 5.30. The van der Waals surface area contributed by atoms with Gasteiger partial charge in [0.25, 0.3) is 5.91 Å². The molecule has 148 valence electrons. The van der Waals surface area contributed by atoms with Gasteiger partial charge in [0, 0.05) is 24.6 Å². The third kappa shape index (κ3) is 3.85. The van der Waals surface area contributed by atoms with Gasteiger partial charge in [0.1, 0.15) is 11.4 Å². The van der Waals surface area contributed by atoms with Gasteiger partial charge in [0.2, 0.25) is 0 Å². The van der Waals surface area contributed by atoms with Crippen molar-refractivity contribution in [2.24, 2.45) is 0 Å². The number of benzene rings is 2. The van der Waals surface area contributed by atoms with Crippen molar-refractivity contribution in [3.05, 3.63) is 71.4 Å². The summed E-state index contributed by atoms with van der Waals surface area (Å²) in [6.45, 7) is 1.16. The quantitative estimate of drug-likeness (QED) is 0.631. The number of aromatic hydroxyl groups is 1. The average Bonchev–Trinajstić information content (AvgIpc) is 3.23. The number of rotatable bonds is 4. The van der Waals surface area contributed by atoms with Crippen molar-refractivity contribution < 1.29 is 19.8 Å². The fourth-order valence-corrected chi connectivity index (χ4v) is 3.79. The fraction of sp³-hybridized carbons (Fsp3) is 0.227. The number of hydrogen-bond donors (Lipinski definition) is 3. The molecule has 4 rings (SSSR count). The summed E-state index contributed by atoms with van der Waals surface area (Å²) >= 11 is 0. The number of aromatic nitrogens is 2. The number of para-hydroxylation sites is 1. The zero-order valence-electron chi connectivity index (χ0n) is 15.7. The van der Waals surface area contributed by atoms with Gasteiger partial charge < -0.3 is 15.1 Å². The number of H-pyrrole nitrogens is 1. The number of phenols is 1. The van der Waals surface area contributed by atoms with Crippen molar-refractivity contribution in [3.8, 4) is 17.0 Å². The Morgan fingerprint density at radius 3 is 2.72 bits per heavy atom. The van der Waals surface area contributed by atoms with Gasteiger partial charge in [-0.25, -0.2) is 4.79 Å². The highest BCUT2D eigenvalue weighted by Crippen LogP contribution is 2.30. The second-order valence-electron chi connectivity index (χ2n) is 7.20. The van der Waals surface area contributed by atoms with Gasteiger partial charge in [-0.3, -0.25) is 9.89 Å². The van der Waals surface area contributed by atoms with E-state index in [0.29, 0.717) is 30.0 Å². The van der Waals surface area contributed by atoms with E-state index in [1.165, 1.54) is 0 Å². The Hall–Kier alpha value is -3.61. The van der Waals surface area contributed by atoms with Crippen molar-refractivity contribution in [2.75, 3.05) is 13.1 Å². The molecule has 0 saturated carbocycles. The molecule has 7 nitrogen and oxygen atoms in total. The topological polar surface area (TPSA) is 107 Å². The molecule has 1 saturated heterocycles. The monoisotopic (exact) mass is 391 g/mol. The van der Waals surface area contributed by atoms with E-state index in [4.69, 9.17) is 0 Å². The van der Waals surface area contributed by atoms with Crippen LogP contribution in [0, 0.1) is 0 Å². The molecule has 1 aliphatic heterocycles. The Bertz CT molecular complexity index is 1060. The third-order valence-electron chi connectivity index (χ3n) is 5.30. The molecule has 0 bridgehead atoms. The maximum absolute atomic E-state index is 13.0. The molecule has 1 atom stereocenters. The lowest BCUT2D eigenvalue weighted by Gasteiger charge is -2.32. The second-order valence-corrected chi connectivity index (χ2v) is 7.20. The van der Waals surface area contributed by atoms with Crippen molar-refractivity contribution in [3.63, 3.8) is 0 Å². The van der Waals surface area contributed by atoms with E-state index < -0.39 is 5.97 Å². The van der Waals surface area contributed by atoms with Crippen molar-refractivity contribution in [1.29, 1.82) is 0 Å². The zero-order valence-corrected chi connectivity index (χ0v) is 15.7. The highest BCUT2D eigenvalue weighted by Gasteiger charge is 2.27. The first-order valence-electron chi connectivity index (χ1n) is 9.49. The van der Waals surface area contributed by atoms with Crippen LogP contribution in [0.15, 0.2) is 54.6 Å². The number of hydrogen-bond acceptors (Lipinski definition) is 4. The summed E-state index contributed by atoms with van der Waals surface area (Å²) in [4.78, 5) is 26.0. The van der Waals surface area contributed by atoms with E-state index in [9.17, 15) is 19.8 Å².